The predicted molar refractivity (Wildman–Crippen MR) is 114 cm³/mol. The fourth-order valence-corrected chi connectivity index (χ4v) is 4.05. The van der Waals surface area contributed by atoms with Gasteiger partial charge in [0.1, 0.15) is 17.4 Å². The zero-order chi connectivity index (χ0) is 22.0. The number of likely N-dealkylation sites (tertiary alicyclic amines) is 1. The summed E-state index contributed by atoms with van der Waals surface area (Å²) in [5.41, 5.74) is 0.608. The summed E-state index contributed by atoms with van der Waals surface area (Å²) in [6, 6.07) is 13.9. The SMILES string of the molecule is COc1ccc(C(=O)N2CCC[C@H](C(=O)Nc3cc(F)cc(F)c3)C2)c2ccccc12. The van der Waals surface area contributed by atoms with Crippen LogP contribution in [0.4, 0.5) is 14.5 Å². The van der Waals surface area contributed by atoms with Gasteiger partial charge in [-0.1, -0.05) is 24.3 Å². The largest absolute Gasteiger partial charge is 0.496 e. The number of rotatable bonds is 4. The molecule has 0 bridgehead atoms. The Kier molecular flexibility index (Phi) is 5.84. The van der Waals surface area contributed by atoms with Crippen molar-refractivity contribution in [2.24, 2.45) is 5.92 Å². The Balaban J connectivity index is 1.53. The number of amides is 2. The van der Waals surface area contributed by atoms with Crippen LogP contribution in [0.3, 0.4) is 0 Å². The second kappa shape index (κ2) is 8.71. The van der Waals surface area contributed by atoms with Gasteiger partial charge in [-0.3, -0.25) is 9.59 Å². The molecule has 160 valence electrons. The van der Waals surface area contributed by atoms with E-state index >= 15 is 0 Å². The van der Waals surface area contributed by atoms with Gasteiger partial charge >= 0.3 is 0 Å². The van der Waals surface area contributed by atoms with Crippen molar-refractivity contribution in [3.05, 3.63) is 71.8 Å². The summed E-state index contributed by atoms with van der Waals surface area (Å²) in [6.07, 6.45) is 1.26. The Bertz CT molecular complexity index is 1130. The number of ether oxygens (including phenoxy) is 1. The summed E-state index contributed by atoms with van der Waals surface area (Å²) in [7, 11) is 1.58. The van der Waals surface area contributed by atoms with E-state index < -0.39 is 17.6 Å². The molecule has 2 amide bonds. The Morgan fingerprint density at radius 1 is 1.03 bits per heavy atom. The molecule has 0 aromatic heterocycles. The van der Waals surface area contributed by atoms with Crippen molar-refractivity contribution in [2.45, 2.75) is 12.8 Å². The van der Waals surface area contributed by atoms with E-state index in [2.05, 4.69) is 5.32 Å². The van der Waals surface area contributed by atoms with Crippen molar-refractivity contribution < 1.29 is 23.1 Å². The molecular weight excluding hydrogens is 402 g/mol. The van der Waals surface area contributed by atoms with Gasteiger partial charge in [-0.15, -0.1) is 0 Å². The molecule has 4 rings (SSSR count). The fourth-order valence-electron chi connectivity index (χ4n) is 4.05. The maximum Gasteiger partial charge on any atom is 0.254 e. The molecule has 31 heavy (non-hydrogen) atoms. The van der Waals surface area contributed by atoms with Gasteiger partial charge in [0.15, 0.2) is 0 Å². The maximum absolute atomic E-state index is 13.4. The number of fused-ring (bicyclic) bond motifs is 1. The number of anilines is 1. The zero-order valence-electron chi connectivity index (χ0n) is 17.0. The number of carbonyl (C=O) groups excluding carboxylic acids is 2. The highest BCUT2D eigenvalue weighted by Crippen LogP contribution is 2.30. The monoisotopic (exact) mass is 424 g/mol. The molecule has 0 spiro atoms. The Hall–Kier alpha value is -3.48. The summed E-state index contributed by atoms with van der Waals surface area (Å²) in [5.74, 6) is -1.82. The van der Waals surface area contributed by atoms with Crippen LogP contribution in [0.5, 0.6) is 5.75 Å². The van der Waals surface area contributed by atoms with E-state index in [0.29, 0.717) is 30.7 Å². The van der Waals surface area contributed by atoms with Crippen molar-refractivity contribution in [1.82, 2.24) is 4.90 Å². The Morgan fingerprint density at radius 2 is 1.74 bits per heavy atom. The average molecular weight is 424 g/mol. The summed E-state index contributed by atoms with van der Waals surface area (Å²) in [5, 5.41) is 4.19. The van der Waals surface area contributed by atoms with Gasteiger partial charge in [-0.25, -0.2) is 8.78 Å². The van der Waals surface area contributed by atoms with Crippen LogP contribution in [0.2, 0.25) is 0 Å². The molecule has 1 saturated heterocycles. The number of methoxy groups -OCH3 is 1. The fraction of sp³-hybridized carbons (Fsp3) is 0.250. The van der Waals surface area contributed by atoms with Gasteiger partial charge < -0.3 is 15.0 Å². The van der Waals surface area contributed by atoms with Crippen molar-refractivity contribution in [1.29, 1.82) is 0 Å². The van der Waals surface area contributed by atoms with E-state index in [1.165, 1.54) is 0 Å². The highest BCUT2D eigenvalue weighted by Gasteiger charge is 2.30. The minimum Gasteiger partial charge on any atom is -0.496 e. The first-order valence-corrected chi connectivity index (χ1v) is 10.1. The van der Waals surface area contributed by atoms with Crippen molar-refractivity contribution >= 4 is 28.3 Å². The van der Waals surface area contributed by atoms with Crippen LogP contribution in [-0.2, 0) is 4.79 Å². The number of hydrogen-bond donors (Lipinski definition) is 1. The first-order valence-electron chi connectivity index (χ1n) is 10.1. The van der Waals surface area contributed by atoms with Gasteiger partial charge in [0.05, 0.1) is 13.0 Å². The van der Waals surface area contributed by atoms with Crippen LogP contribution in [0.25, 0.3) is 10.8 Å². The number of nitrogens with zero attached hydrogens (tertiary/aromatic N) is 1. The topological polar surface area (TPSA) is 58.6 Å². The lowest BCUT2D eigenvalue weighted by atomic mass is 9.95. The molecule has 3 aromatic rings. The van der Waals surface area contributed by atoms with Crippen LogP contribution in [-0.4, -0.2) is 36.9 Å². The maximum atomic E-state index is 13.4. The molecule has 1 fully saturated rings. The number of benzene rings is 3. The van der Waals surface area contributed by atoms with E-state index in [-0.39, 0.29) is 24.0 Å². The predicted octanol–water partition coefficient (Wildman–Crippen LogP) is 4.62. The number of carbonyl (C=O) groups is 2. The van der Waals surface area contributed by atoms with Crippen LogP contribution in [0.15, 0.2) is 54.6 Å². The third kappa shape index (κ3) is 4.35. The van der Waals surface area contributed by atoms with E-state index in [4.69, 9.17) is 4.74 Å². The highest BCUT2D eigenvalue weighted by atomic mass is 19.1. The second-order valence-electron chi connectivity index (χ2n) is 7.60. The molecule has 5 nitrogen and oxygen atoms in total. The van der Waals surface area contributed by atoms with Gasteiger partial charge in [-0.05, 0) is 42.5 Å². The number of hydrogen-bond acceptors (Lipinski definition) is 3. The van der Waals surface area contributed by atoms with E-state index in [9.17, 15) is 18.4 Å². The molecule has 0 unspecified atom stereocenters. The number of piperidine rings is 1. The van der Waals surface area contributed by atoms with Crippen molar-refractivity contribution in [2.75, 3.05) is 25.5 Å². The molecule has 1 heterocycles. The minimum atomic E-state index is -0.762. The summed E-state index contributed by atoms with van der Waals surface area (Å²) in [6.45, 7) is 0.778. The molecule has 7 heteroatoms. The smallest absolute Gasteiger partial charge is 0.254 e. The van der Waals surface area contributed by atoms with Gasteiger partial charge in [0, 0.05) is 35.8 Å². The van der Waals surface area contributed by atoms with Gasteiger partial charge in [0.25, 0.3) is 5.91 Å². The summed E-state index contributed by atoms with van der Waals surface area (Å²) in [4.78, 5) is 27.6. The molecule has 3 aromatic carbocycles. The lowest BCUT2D eigenvalue weighted by molar-refractivity contribution is -0.121. The molecule has 0 radical (unpaired) electrons. The van der Waals surface area contributed by atoms with Crippen LogP contribution in [0.1, 0.15) is 23.2 Å². The molecule has 0 saturated carbocycles. The second-order valence-corrected chi connectivity index (χ2v) is 7.60. The van der Waals surface area contributed by atoms with Crippen molar-refractivity contribution in [3.8, 4) is 5.75 Å². The third-order valence-corrected chi connectivity index (χ3v) is 5.54. The quantitative estimate of drug-likeness (QED) is 0.665. The van der Waals surface area contributed by atoms with Gasteiger partial charge in [-0.2, -0.15) is 0 Å². The highest BCUT2D eigenvalue weighted by molar-refractivity contribution is 6.08. The van der Waals surface area contributed by atoms with Crippen LogP contribution < -0.4 is 10.1 Å². The molecule has 1 N–H and O–H groups in total. The molecule has 1 aliphatic rings. The lowest BCUT2D eigenvalue weighted by Gasteiger charge is -2.32. The van der Waals surface area contributed by atoms with Crippen molar-refractivity contribution in [3.63, 3.8) is 0 Å². The first kappa shape index (κ1) is 20.8. The third-order valence-electron chi connectivity index (χ3n) is 5.54. The lowest BCUT2D eigenvalue weighted by Crippen LogP contribution is -2.43. The minimum absolute atomic E-state index is 0.0621. The van der Waals surface area contributed by atoms with E-state index in [1.54, 1.807) is 24.1 Å². The van der Waals surface area contributed by atoms with E-state index in [0.717, 1.165) is 29.0 Å². The van der Waals surface area contributed by atoms with Gasteiger partial charge in [0.2, 0.25) is 5.91 Å². The standard InChI is InChI=1S/C24H22F2N2O3/c1-31-22-9-8-21(19-6-2-3-7-20(19)22)24(30)28-10-4-5-15(14-28)23(29)27-18-12-16(25)11-17(26)13-18/h2-3,6-9,11-13,15H,4-5,10,14H2,1H3,(H,27,29)/t15-/m0/s1. The molecular formula is C24H22F2N2O3. The molecule has 1 atom stereocenters. The number of halogens is 2. The normalized spacial score (nSPS) is 16.2. The number of nitrogens with one attached hydrogen (secondary N) is 1. The van der Waals surface area contributed by atoms with Crippen LogP contribution >= 0.6 is 0 Å². The summed E-state index contributed by atoms with van der Waals surface area (Å²) >= 11 is 0. The molecule has 1 aliphatic heterocycles. The summed E-state index contributed by atoms with van der Waals surface area (Å²) < 4.78 is 32.2. The first-order chi connectivity index (χ1) is 15.0. The van der Waals surface area contributed by atoms with Crippen LogP contribution in [0, 0.1) is 17.6 Å². The Labute approximate surface area is 178 Å². The van der Waals surface area contributed by atoms with E-state index in [1.807, 2.05) is 24.3 Å². The molecule has 0 aliphatic carbocycles. The average Bonchev–Trinajstić information content (AvgIpc) is 2.77. The zero-order valence-corrected chi connectivity index (χ0v) is 17.0. The Morgan fingerprint density at radius 3 is 2.45 bits per heavy atom.